The van der Waals surface area contributed by atoms with Gasteiger partial charge >= 0.3 is 0 Å². The van der Waals surface area contributed by atoms with Gasteiger partial charge in [0.2, 0.25) is 5.91 Å². The molecule has 1 aliphatic heterocycles. The molecule has 0 N–H and O–H groups in total. The summed E-state index contributed by atoms with van der Waals surface area (Å²) < 4.78 is 0. The molecule has 114 valence electrons. The van der Waals surface area contributed by atoms with E-state index in [0.29, 0.717) is 38.2 Å². The molecule has 1 aliphatic rings. The normalized spacial score (nSPS) is 15.1. The molecule has 22 heavy (non-hydrogen) atoms. The van der Waals surface area contributed by atoms with Gasteiger partial charge in [0.25, 0.3) is 5.91 Å². The van der Waals surface area contributed by atoms with Crippen LogP contribution in [-0.4, -0.2) is 47.8 Å². The molecule has 2 aromatic rings. The molecule has 0 aromatic heterocycles. The summed E-state index contributed by atoms with van der Waals surface area (Å²) in [6.45, 7) is 4.35. The van der Waals surface area contributed by atoms with Crippen molar-refractivity contribution in [2.45, 2.75) is 13.3 Å². The first-order valence-electron chi connectivity index (χ1n) is 7.75. The second-order valence-corrected chi connectivity index (χ2v) is 5.59. The summed E-state index contributed by atoms with van der Waals surface area (Å²) in [5, 5.41) is 2.21. The van der Waals surface area contributed by atoms with E-state index in [9.17, 15) is 9.59 Å². The third-order valence-electron chi connectivity index (χ3n) is 4.22. The number of benzene rings is 2. The van der Waals surface area contributed by atoms with Crippen LogP contribution in [0.25, 0.3) is 10.8 Å². The van der Waals surface area contributed by atoms with E-state index in [1.54, 1.807) is 0 Å². The van der Waals surface area contributed by atoms with Gasteiger partial charge in [0, 0.05) is 38.2 Å². The molecule has 0 unspecified atom stereocenters. The van der Waals surface area contributed by atoms with Crippen molar-refractivity contribution >= 4 is 22.6 Å². The van der Waals surface area contributed by atoms with Gasteiger partial charge in [-0.05, 0) is 22.9 Å². The van der Waals surface area contributed by atoms with Crippen LogP contribution in [0, 0.1) is 0 Å². The van der Waals surface area contributed by atoms with Crippen LogP contribution >= 0.6 is 0 Å². The highest BCUT2D eigenvalue weighted by atomic mass is 16.2. The highest BCUT2D eigenvalue weighted by Gasteiger charge is 2.24. The molecular weight excluding hydrogens is 276 g/mol. The fourth-order valence-corrected chi connectivity index (χ4v) is 2.89. The lowest BCUT2D eigenvalue weighted by molar-refractivity contribution is -0.132. The Morgan fingerprint density at radius 3 is 2.23 bits per heavy atom. The van der Waals surface area contributed by atoms with Crippen molar-refractivity contribution in [2.24, 2.45) is 0 Å². The minimum absolute atomic E-state index is 0.0503. The Morgan fingerprint density at radius 2 is 1.55 bits per heavy atom. The molecule has 0 bridgehead atoms. The van der Waals surface area contributed by atoms with E-state index in [1.165, 1.54) is 0 Å². The Hall–Kier alpha value is -2.36. The predicted molar refractivity (Wildman–Crippen MR) is 86.7 cm³/mol. The van der Waals surface area contributed by atoms with Crippen LogP contribution in [-0.2, 0) is 4.79 Å². The number of carbonyl (C=O) groups is 2. The Labute approximate surface area is 130 Å². The Kier molecular flexibility index (Phi) is 4.09. The summed E-state index contributed by atoms with van der Waals surface area (Å²) in [4.78, 5) is 28.0. The second kappa shape index (κ2) is 6.18. The number of hydrogen-bond donors (Lipinski definition) is 0. The van der Waals surface area contributed by atoms with Crippen LogP contribution in [0.3, 0.4) is 0 Å². The van der Waals surface area contributed by atoms with E-state index in [2.05, 4.69) is 0 Å². The van der Waals surface area contributed by atoms with Crippen LogP contribution in [0.4, 0.5) is 0 Å². The van der Waals surface area contributed by atoms with Gasteiger partial charge in [-0.3, -0.25) is 9.59 Å². The SMILES string of the molecule is CCC(=O)N1CCN(C(=O)c2ccc3ccccc3c2)CC1. The number of fused-ring (bicyclic) bond motifs is 1. The van der Waals surface area contributed by atoms with Gasteiger partial charge in [-0.2, -0.15) is 0 Å². The molecule has 2 aromatic carbocycles. The van der Waals surface area contributed by atoms with Crippen LogP contribution in [0.2, 0.25) is 0 Å². The minimum atomic E-state index is 0.0503. The van der Waals surface area contributed by atoms with E-state index in [0.717, 1.165) is 10.8 Å². The summed E-state index contributed by atoms with van der Waals surface area (Å²) in [6, 6.07) is 13.8. The van der Waals surface area contributed by atoms with Crippen molar-refractivity contribution in [1.29, 1.82) is 0 Å². The highest BCUT2D eigenvalue weighted by molar-refractivity contribution is 5.98. The van der Waals surface area contributed by atoms with Crippen molar-refractivity contribution in [2.75, 3.05) is 26.2 Å². The lowest BCUT2D eigenvalue weighted by atomic mass is 10.1. The summed E-state index contributed by atoms with van der Waals surface area (Å²) >= 11 is 0. The van der Waals surface area contributed by atoms with Crippen LogP contribution in [0.15, 0.2) is 42.5 Å². The van der Waals surface area contributed by atoms with E-state index in [4.69, 9.17) is 0 Å². The molecule has 4 nitrogen and oxygen atoms in total. The monoisotopic (exact) mass is 296 g/mol. The van der Waals surface area contributed by atoms with Crippen LogP contribution in [0.1, 0.15) is 23.7 Å². The molecule has 3 rings (SSSR count). The molecule has 0 saturated carbocycles. The van der Waals surface area contributed by atoms with Gasteiger partial charge in [-0.25, -0.2) is 0 Å². The third-order valence-corrected chi connectivity index (χ3v) is 4.22. The zero-order valence-corrected chi connectivity index (χ0v) is 12.8. The largest absolute Gasteiger partial charge is 0.339 e. The third kappa shape index (κ3) is 2.82. The lowest BCUT2D eigenvalue weighted by Gasteiger charge is -2.34. The number of nitrogens with zero attached hydrogens (tertiary/aromatic N) is 2. The van der Waals surface area contributed by atoms with Crippen molar-refractivity contribution < 1.29 is 9.59 Å². The molecule has 0 atom stereocenters. The standard InChI is InChI=1S/C18H20N2O2/c1-2-17(21)19-9-11-20(12-10-19)18(22)16-8-7-14-5-3-4-6-15(14)13-16/h3-8,13H,2,9-12H2,1H3. The van der Waals surface area contributed by atoms with Crippen molar-refractivity contribution in [1.82, 2.24) is 9.80 Å². The maximum absolute atomic E-state index is 12.6. The second-order valence-electron chi connectivity index (χ2n) is 5.59. The van der Waals surface area contributed by atoms with E-state index >= 15 is 0 Å². The van der Waals surface area contributed by atoms with Crippen molar-refractivity contribution in [3.63, 3.8) is 0 Å². The van der Waals surface area contributed by atoms with Crippen LogP contribution < -0.4 is 0 Å². The first-order valence-corrected chi connectivity index (χ1v) is 7.75. The number of amides is 2. The molecule has 4 heteroatoms. The zero-order chi connectivity index (χ0) is 15.5. The first kappa shape index (κ1) is 14.6. The van der Waals surface area contributed by atoms with Gasteiger partial charge in [0.15, 0.2) is 0 Å². The summed E-state index contributed by atoms with van der Waals surface area (Å²) in [7, 11) is 0. The minimum Gasteiger partial charge on any atom is -0.339 e. The molecular formula is C18H20N2O2. The summed E-state index contributed by atoms with van der Waals surface area (Å²) in [5.41, 5.74) is 0.717. The lowest BCUT2D eigenvalue weighted by Crippen LogP contribution is -2.50. The smallest absolute Gasteiger partial charge is 0.253 e. The van der Waals surface area contributed by atoms with E-state index in [-0.39, 0.29) is 11.8 Å². The zero-order valence-electron chi connectivity index (χ0n) is 12.8. The summed E-state index contributed by atoms with van der Waals surface area (Å²) in [5.74, 6) is 0.215. The molecule has 1 saturated heterocycles. The van der Waals surface area contributed by atoms with E-state index in [1.807, 2.05) is 59.2 Å². The average molecular weight is 296 g/mol. The van der Waals surface area contributed by atoms with Gasteiger partial charge in [0.05, 0.1) is 0 Å². The number of piperazine rings is 1. The first-order chi connectivity index (χ1) is 10.7. The average Bonchev–Trinajstić information content (AvgIpc) is 2.60. The molecule has 1 heterocycles. The van der Waals surface area contributed by atoms with Gasteiger partial charge < -0.3 is 9.80 Å². The van der Waals surface area contributed by atoms with Crippen molar-refractivity contribution in [3.8, 4) is 0 Å². The fourth-order valence-electron chi connectivity index (χ4n) is 2.89. The van der Waals surface area contributed by atoms with E-state index < -0.39 is 0 Å². The van der Waals surface area contributed by atoms with Crippen molar-refractivity contribution in [3.05, 3.63) is 48.0 Å². The van der Waals surface area contributed by atoms with Crippen LogP contribution in [0.5, 0.6) is 0 Å². The fraction of sp³-hybridized carbons (Fsp3) is 0.333. The van der Waals surface area contributed by atoms with Gasteiger partial charge in [-0.1, -0.05) is 37.3 Å². The number of rotatable bonds is 2. The molecule has 0 aliphatic carbocycles. The van der Waals surface area contributed by atoms with Gasteiger partial charge in [-0.15, -0.1) is 0 Å². The number of hydrogen-bond acceptors (Lipinski definition) is 2. The topological polar surface area (TPSA) is 40.6 Å². The molecule has 1 fully saturated rings. The molecule has 0 radical (unpaired) electrons. The quantitative estimate of drug-likeness (QED) is 0.854. The Balaban J connectivity index is 1.72. The highest BCUT2D eigenvalue weighted by Crippen LogP contribution is 2.17. The predicted octanol–water partition coefficient (Wildman–Crippen LogP) is 2.53. The maximum atomic E-state index is 12.6. The van der Waals surface area contributed by atoms with Gasteiger partial charge in [0.1, 0.15) is 0 Å². The molecule has 2 amide bonds. The Bertz CT molecular complexity index is 703. The maximum Gasteiger partial charge on any atom is 0.253 e. The molecule has 0 spiro atoms. The Morgan fingerprint density at radius 1 is 0.909 bits per heavy atom. The summed E-state index contributed by atoms with van der Waals surface area (Å²) in [6.07, 6.45) is 0.526. The number of carbonyl (C=O) groups excluding carboxylic acids is 2.